The van der Waals surface area contributed by atoms with E-state index in [-0.39, 0.29) is 0 Å². The van der Waals surface area contributed by atoms with Crippen LogP contribution in [-0.4, -0.2) is 6.54 Å². The Morgan fingerprint density at radius 1 is 1.07 bits per heavy atom. The van der Waals surface area contributed by atoms with Gasteiger partial charge >= 0.3 is 0 Å². The van der Waals surface area contributed by atoms with Gasteiger partial charge in [0.05, 0.1) is 0 Å². The van der Waals surface area contributed by atoms with Gasteiger partial charge in [-0.1, -0.05) is 52.8 Å². The fourth-order valence-electron chi connectivity index (χ4n) is 1.60. The highest BCUT2D eigenvalue weighted by Gasteiger charge is 2.12. The van der Waals surface area contributed by atoms with Crippen molar-refractivity contribution in [1.29, 1.82) is 0 Å². The van der Waals surface area contributed by atoms with E-state index in [1.165, 1.54) is 17.7 Å². The fraction of sp³-hybridized carbons (Fsp3) is 0.571. The first kappa shape index (κ1) is 14.0. The lowest BCUT2D eigenvalue weighted by Gasteiger charge is -2.22. The molecule has 0 fully saturated rings. The first-order chi connectivity index (χ1) is 7.36. The van der Waals surface area contributed by atoms with Crippen molar-refractivity contribution >= 4 is 5.69 Å². The zero-order valence-electron chi connectivity index (χ0n) is 10.8. The molecule has 1 atom stereocenters. The fourth-order valence-corrected chi connectivity index (χ4v) is 1.60. The molecular weight excluding hydrogens is 182 g/mol. The molecule has 86 valence electrons. The number of rotatable bonds is 0. The van der Waals surface area contributed by atoms with Gasteiger partial charge in [0, 0.05) is 12.2 Å². The highest BCUT2D eigenvalue weighted by atomic mass is 14.9. The summed E-state index contributed by atoms with van der Waals surface area (Å²) in [5.41, 5.74) is 2.79. The molecule has 1 heteroatoms. The molecule has 0 amide bonds. The molecule has 0 aromatic heterocycles. The zero-order chi connectivity index (χ0) is 11.7. The molecule has 1 aliphatic rings. The largest absolute Gasteiger partial charge is 0.385 e. The third kappa shape index (κ3) is 4.37. The van der Waals surface area contributed by atoms with Gasteiger partial charge in [-0.05, 0) is 24.0 Å². The van der Waals surface area contributed by atoms with Crippen molar-refractivity contribution in [2.75, 3.05) is 11.9 Å². The van der Waals surface area contributed by atoms with Crippen LogP contribution >= 0.6 is 0 Å². The smallest absolute Gasteiger partial charge is 0.0372 e. The van der Waals surface area contributed by atoms with Crippen LogP contribution in [0.15, 0.2) is 24.3 Å². The summed E-state index contributed by atoms with van der Waals surface area (Å²) in [4.78, 5) is 0. The van der Waals surface area contributed by atoms with Gasteiger partial charge in [-0.3, -0.25) is 0 Å². The first-order valence-corrected chi connectivity index (χ1v) is 6.18. The average molecular weight is 207 g/mol. The lowest BCUT2D eigenvalue weighted by Crippen LogP contribution is -2.20. The second kappa shape index (κ2) is 8.34. The quantitative estimate of drug-likeness (QED) is 0.667. The van der Waals surface area contributed by atoms with Crippen molar-refractivity contribution in [3.05, 3.63) is 29.8 Å². The zero-order valence-corrected chi connectivity index (χ0v) is 10.8. The topological polar surface area (TPSA) is 12.0 Å². The van der Waals surface area contributed by atoms with E-state index < -0.39 is 0 Å². The van der Waals surface area contributed by atoms with Crippen LogP contribution in [0.5, 0.6) is 0 Å². The molecule has 0 saturated carbocycles. The molecule has 1 aromatic rings. The number of para-hydroxylation sites is 1. The van der Waals surface area contributed by atoms with Gasteiger partial charge < -0.3 is 5.32 Å². The van der Waals surface area contributed by atoms with Crippen LogP contribution in [-0.2, 0) is 6.42 Å². The van der Waals surface area contributed by atoms with Crippen LogP contribution in [0.25, 0.3) is 0 Å². The number of hydrogen-bond acceptors (Lipinski definition) is 1. The molecule has 15 heavy (non-hydrogen) atoms. The SMILES string of the molecule is CC.CC.CC1CNc2ccccc2C1. The Morgan fingerprint density at radius 2 is 1.67 bits per heavy atom. The van der Waals surface area contributed by atoms with Crippen molar-refractivity contribution in [2.24, 2.45) is 5.92 Å². The van der Waals surface area contributed by atoms with Crippen molar-refractivity contribution in [2.45, 2.75) is 41.0 Å². The van der Waals surface area contributed by atoms with Gasteiger partial charge in [-0.2, -0.15) is 0 Å². The minimum Gasteiger partial charge on any atom is -0.385 e. The Labute approximate surface area is 94.9 Å². The molecule has 0 bridgehead atoms. The highest BCUT2D eigenvalue weighted by Crippen LogP contribution is 2.23. The maximum Gasteiger partial charge on any atom is 0.0372 e. The molecule has 1 aliphatic heterocycles. The van der Waals surface area contributed by atoms with Crippen LogP contribution in [0.2, 0.25) is 0 Å². The van der Waals surface area contributed by atoms with E-state index in [2.05, 4.69) is 36.5 Å². The highest BCUT2D eigenvalue weighted by molar-refractivity contribution is 5.52. The number of nitrogens with one attached hydrogen (secondary N) is 1. The molecule has 0 radical (unpaired) electrons. The maximum absolute atomic E-state index is 3.41. The maximum atomic E-state index is 3.41. The number of fused-ring (bicyclic) bond motifs is 1. The predicted molar refractivity (Wildman–Crippen MR) is 70.5 cm³/mol. The van der Waals surface area contributed by atoms with E-state index in [1.54, 1.807) is 0 Å². The van der Waals surface area contributed by atoms with Crippen molar-refractivity contribution < 1.29 is 0 Å². The van der Waals surface area contributed by atoms with Gasteiger partial charge in [0.15, 0.2) is 0 Å². The number of anilines is 1. The molecule has 1 heterocycles. The molecule has 2 rings (SSSR count). The molecule has 0 aliphatic carbocycles. The second-order valence-electron chi connectivity index (χ2n) is 3.35. The van der Waals surface area contributed by atoms with E-state index in [0.29, 0.717) is 0 Å². The summed E-state index contributed by atoms with van der Waals surface area (Å²) in [6.07, 6.45) is 1.23. The molecule has 0 saturated heterocycles. The predicted octanol–water partition coefficient (Wildman–Crippen LogP) is 4.34. The summed E-state index contributed by atoms with van der Waals surface area (Å²) in [6.45, 7) is 11.4. The summed E-state index contributed by atoms with van der Waals surface area (Å²) >= 11 is 0. The van der Waals surface area contributed by atoms with E-state index in [4.69, 9.17) is 0 Å². The lowest BCUT2D eigenvalue weighted by atomic mass is 9.96. The summed E-state index contributed by atoms with van der Waals surface area (Å²) in [6, 6.07) is 8.56. The van der Waals surface area contributed by atoms with E-state index >= 15 is 0 Å². The van der Waals surface area contributed by atoms with Crippen molar-refractivity contribution in [1.82, 2.24) is 0 Å². The average Bonchev–Trinajstić information content (AvgIpc) is 2.34. The minimum absolute atomic E-state index is 0.782. The lowest BCUT2D eigenvalue weighted by molar-refractivity contribution is 0.595. The normalized spacial score (nSPS) is 17.0. The Morgan fingerprint density at radius 3 is 2.33 bits per heavy atom. The first-order valence-electron chi connectivity index (χ1n) is 6.18. The van der Waals surface area contributed by atoms with Crippen LogP contribution < -0.4 is 5.32 Å². The Bertz CT molecular complexity index is 255. The summed E-state index contributed by atoms with van der Waals surface area (Å²) in [7, 11) is 0. The van der Waals surface area contributed by atoms with Crippen molar-refractivity contribution in [3.8, 4) is 0 Å². The van der Waals surface area contributed by atoms with Crippen LogP contribution in [0.3, 0.4) is 0 Å². The third-order valence-corrected chi connectivity index (χ3v) is 2.23. The molecule has 1 aromatic carbocycles. The molecule has 1 nitrogen and oxygen atoms in total. The Kier molecular flexibility index (Phi) is 7.79. The van der Waals surface area contributed by atoms with Gasteiger partial charge in [-0.25, -0.2) is 0 Å². The van der Waals surface area contributed by atoms with Gasteiger partial charge in [0.1, 0.15) is 0 Å². The monoisotopic (exact) mass is 207 g/mol. The second-order valence-corrected chi connectivity index (χ2v) is 3.35. The van der Waals surface area contributed by atoms with Gasteiger partial charge in [0.25, 0.3) is 0 Å². The molecule has 0 spiro atoms. The Balaban J connectivity index is 0.000000442. The van der Waals surface area contributed by atoms with E-state index in [1.807, 2.05) is 27.7 Å². The summed E-state index contributed by atoms with van der Waals surface area (Å²) in [5, 5.41) is 3.41. The standard InChI is InChI=1S/C10H13N.2C2H6/c1-8-6-9-4-2-3-5-10(9)11-7-8;2*1-2/h2-5,8,11H,6-7H2,1H3;2*1-2H3. The van der Waals surface area contributed by atoms with Crippen LogP contribution in [0, 0.1) is 5.92 Å². The van der Waals surface area contributed by atoms with Crippen LogP contribution in [0.1, 0.15) is 40.2 Å². The molecule has 1 unspecified atom stereocenters. The summed E-state index contributed by atoms with van der Waals surface area (Å²) < 4.78 is 0. The van der Waals surface area contributed by atoms with E-state index in [0.717, 1.165) is 12.5 Å². The summed E-state index contributed by atoms with van der Waals surface area (Å²) in [5.74, 6) is 0.782. The van der Waals surface area contributed by atoms with E-state index in [9.17, 15) is 0 Å². The Hall–Kier alpha value is -0.980. The molecule has 1 N–H and O–H groups in total. The van der Waals surface area contributed by atoms with Crippen molar-refractivity contribution in [3.63, 3.8) is 0 Å². The number of hydrogen-bond donors (Lipinski definition) is 1. The minimum atomic E-state index is 0.782. The third-order valence-electron chi connectivity index (χ3n) is 2.23. The number of benzene rings is 1. The van der Waals surface area contributed by atoms with Gasteiger partial charge in [0.2, 0.25) is 0 Å². The molecular formula is C14H25N. The van der Waals surface area contributed by atoms with Crippen LogP contribution in [0.4, 0.5) is 5.69 Å². The van der Waals surface area contributed by atoms with Gasteiger partial charge in [-0.15, -0.1) is 0 Å².